The van der Waals surface area contributed by atoms with E-state index in [1.54, 1.807) is 44.9 Å². The van der Waals surface area contributed by atoms with Gasteiger partial charge < -0.3 is 0 Å². The first-order chi connectivity index (χ1) is 10.6. The molecule has 124 valence electrons. The monoisotopic (exact) mass is 300 g/mol. The summed E-state index contributed by atoms with van der Waals surface area (Å²) in [7, 11) is 0. The Morgan fingerprint density at radius 1 is 0.818 bits per heavy atom. The van der Waals surface area contributed by atoms with Crippen LogP contribution in [0.5, 0.6) is 0 Å². The van der Waals surface area contributed by atoms with Gasteiger partial charge in [-0.05, 0) is 97.2 Å². The van der Waals surface area contributed by atoms with E-state index in [9.17, 15) is 0 Å². The lowest BCUT2D eigenvalue weighted by molar-refractivity contribution is -0.119. The van der Waals surface area contributed by atoms with Gasteiger partial charge in [0.2, 0.25) is 0 Å². The Labute approximate surface area is 137 Å². The van der Waals surface area contributed by atoms with E-state index in [0.717, 1.165) is 52.3 Å². The van der Waals surface area contributed by atoms with Gasteiger partial charge in [0.05, 0.1) is 0 Å². The van der Waals surface area contributed by atoms with Crippen molar-refractivity contribution in [2.75, 3.05) is 0 Å². The van der Waals surface area contributed by atoms with E-state index in [1.165, 1.54) is 19.3 Å². The summed E-state index contributed by atoms with van der Waals surface area (Å²) in [6.07, 6.45) is 15.6. The number of rotatable bonds is 1. The molecule has 5 aliphatic rings. The fourth-order valence-corrected chi connectivity index (χ4v) is 9.18. The van der Waals surface area contributed by atoms with E-state index in [2.05, 4.69) is 20.8 Å². The average Bonchev–Trinajstić information content (AvgIpc) is 3.21. The minimum atomic E-state index is 0.733. The second kappa shape index (κ2) is 4.54. The number of hydrogen-bond acceptors (Lipinski definition) is 0. The Kier molecular flexibility index (Phi) is 2.96. The molecule has 0 aromatic carbocycles. The fraction of sp³-hybridized carbons (Fsp3) is 1.00. The summed E-state index contributed by atoms with van der Waals surface area (Å²) in [6.45, 7) is 7.94. The SMILES string of the molecule is CC[C@@H]1[C@H]2C[C@H]2[C@H]2[C@@H]3CCC4CCCC[C@]4(C)[C@H]3CC[C@@]21C. The highest BCUT2D eigenvalue weighted by molar-refractivity contribution is 5.17. The molecule has 0 aromatic heterocycles. The molecule has 0 amide bonds. The normalized spacial score (nSPS) is 62.6. The van der Waals surface area contributed by atoms with Gasteiger partial charge in [-0.1, -0.05) is 40.0 Å². The molecule has 5 saturated carbocycles. The first-order valence-corrected chi connectivity index (χ1v) is 10.6. The third-order valence-corrected chi connectivity index (χ3v) is 10.0. The van der Waals surface area contributed by atoms with Crippen molar-refractivity contribution >= 4 is 0 Å². The Morgan fingerprint density at radius 2 is 1.68 bits per heavy atom. The zero-order chi connectivity index (χ0) is 15.1. The Hall–Kier alpha value is 0. The van der Waals surface area contributed by atoms with Gasteiger partial charge in [0.15, 0.2) is 0 Å². The van der Waals surface area contributed by atoms with Crippen LogP contribution in [-0.4, -0.2) is 0 Å². The van der Waals surface area contributed by atoms with Crippen LogP contribution in [0.2, 0.25) is 0 Å². The fourth-order valence-electron chi connectivity index (χ4n) is 9.18. The summed E-state index contributed by atoms with van der Waals surface area (Å²) < 4.78 is 0. The van der Waals surface area contributed by atoms with Crippen molar-refractivity contribution in [1.82, 2.24) is 0 Å². The molecule has 5 aliphatic carbocycles. The molecule has 9 atom stereocenters. The van der Waals surface area contributed by atoms with Crippen molar-refractivity contribution in [3.8, 4) is 0 Å². The highest BCUT2D eigenvalue weighted by Gasteiger charge is 2.69. The van der Waals surface area contributed by atoms with Crippen molar-refractivity contribution in [3.05, 3.63) is 0 Å². The summed E-state index contributed by atoms with van der Waals surface area (Å²) in [6, 6.07) is 0. The summed E-state index contributed by atoms with van der Waals surface area (Å²) in [5.41, 5.74) is 1.47. The highest BCUT2D eigenvalue weighted by Crippen LogP contribution is 2.76. The standard InChI is InChI=1S/C22H36/c1-4-18-16-13-17(16)20-15-9-8-14-7-5-6-11-21(14,2)19(15)10-12-22(18,20)3/h14-20H,4-13H2,1-3H3/t14?,15-,16+,17-,18-,19+,20-,21+,22-/m1/s1. The molecule has 0 bridgehead atoms. The van der Waals surface area contributed by atoms with E-state index in [0.29, 0.717) is 0 Å². The average molecular weight is 301 g/mol. The van der Waals surface area contributed by atoms with Crippen molar-refractivity contribution in [2.24, 2.45) is 52.3 Å². The van der Waals surface area contributed by atoms with Gasteiger partial charge in [-0.25, -0.2) is 0 Å². The molecule has 5 fully saturated rings. The van der Waals surface area contributed by atoms with Crippen LogP contribution in [0.25, 0.3) is 0 Å². The molecule has 0 aliphatic heterocycles. The largest absolute Gasteiger partial charge is 0.0651 e. The molecule has 0 spiro atoms. The van der Waals surface area contributed by atoms with Crippen molar-refractivity contribution < 1.29 is 0 Å². The van der Waals surface area contributed by atoms with Crippen LogP contribution in [0.4, 0.5) is 0 Å². The third kappa shape index (κ3) is 1.61. The number of fused-ring (bicyclic) bond motifs is 7. The quantitative estimate of drug-likeness (QED) is 0.533. The maximum absolute atomic E-state index is 2.73. The summed E-state index contributed by atoms with van der Waals surface area (Å²) >= 11 is 0. The lowest BCUT2D eigenvalue weighted by Crippen LogP contribution is -2.53. The van der Waals surface area contributed by atoms with Crippen LogP contribution >= 0.6 is 0 Å². The third-order valence-electron chi connectivity index (χ3n) is 10.0. The minimum absolute atomic E-state index is 0.733. The van der Waals surface area contributed by atoms with Gasteiger partial charge in [-0.2, -0.15) is 0 Å². The molecule has 0 N–H and O–H groups in total. The molecular formula is C22H36. The molecule has 0 aromatic rings. The van der Waals surface area contributed by atoms with Crippen LogP contribution in [0.3, 0.4) is 0 Å². The molecule has 0 nitrogen and oxygen atoms in total. The topological polar surface area (TPSA) is 0 Å². The maximum Gasteiger partial charge on any atom is -0.0261 e. The van der Waals surface area contributed by atoms with Gasteiger partial charge in [0.25, 0.3) is 0 Å². The zero-order valence-electron chi connectivity index (χ0n) is 15.1. The molecule has 1 unspecified atom stereocenters. The summed E-state index contributed by atoms with van der Waals surface area (Å²) in [5, 5.41) is 0. The number of hydrogen-bond donors (Lipinski definition) is 0. The molecule has 0 heterocycles. The van der Waals surface area contributed by atoms with Gasteiger partial charge in [0, 0.05) is 0 Å². The first-order valence-electron chi connectivity index (χ1n) is 10.6. The molecular weight excluding hydrogens is 264 g/mol. The van der Waals surface area contributed by atoms with Gasteiger partial charge in [-0.3, -0.25) is 0 Å². The van der Waals surface area contributed by atoms with Crippen LogP contribution in [0, 0.1) is 52.3 Å². The smallest absolute Gasteiger partial charge is 0.0261 e. The van der Waals surface area contributed by atoms with E-state index in [-0.39, 0.29) is 0 Å². The van der Waals surface area contributed by atoms with E-state index in [1.807, 2.05) is 0 Å². The lowest BCUT2D eigenvalue weighted by atomic mass is 9.44. The Balaban J connectivity index is 1.49. The molecule has 5 rings (SSSR count). The van der Waals surface area contributed by atoms with Crippen molar-refractivity contribution in [2.45, 2.75) is 85.0 Å². The van der Waals surface area contributed by atoms with E-state index >= 15 is 0 Å². The van der Waals surface area contributed by atoms with Crippen molar-refractivity contribution in [3.63, 3.8) is 0 Å². The zero-order valence-corrected chi connectivity index (χ0v) is 15.1. The van der Waals surface area contributed by atoms with Crippen LogP contribution in [0.1, 0.15) is 85.0 Å². The minimum Gasteiger partial charge on any atom is -0.0651 e. The Bertz CT molecular complexity index is 467. The van der Waals surface area contributed by atoms with Gasteiger partial charge in [0.1, 0.15) is 0 Å². The predicted molar refractivity (Wildman–Crippen MR) is 92.5 cm³/mol. The molecule has 22 heavy (non-hydrogen) atoms. The van der Waals surface area contributed by atoms with Gasteiger partial charge in [-0.15, -0.1) is 0 Å². The summed E-state index contributed by atoms with van der Waals surface area (Å²) in [5.74, 6) is 7.82. The maximum atomic E-state index is 2.73. The summed E-state index contributed by atoms with van der Waals surface area (Å²) in [4.78, 5) is 0. The lowest BCUT2D eigenvalue weighted by Gasteiger charge is -2.61. The second-order valence-corrected chi connectivity index (χ2v) is 10.4. The van der Waals surface area contributed by atoms with Crippen LogP contribution < -0.4 is 0 Å². The van der Waals surface area contributed by atoms with E-state index < -0.39 is 0 Å². The van der Waals surface area contributed by atoms with Gasteiger partial charge >= 0.3 is 0 Å². The molecule has 0 radical (unpaired) electrons. The van der Waals surface area contributed by atoms with Crippen LogP contribution in [0.15, 0.2) is 0 Å². The van der Waals surface area contributed by atoms with E-state index in [4.69, 9.17) is 0 Å². The highest BCUT2D eigenvalue weighted by atomic mass is 14.7. The second-order valence-electron chi connectivity index (χ2n) is 10.4. The van der Waals surface area contributed by atoms with Crippen LogP contribution in [-0.2, 0) is 0 Å². The Morgan fingerprint density at radius 3 is 2.50 bits per heavy atom. The van der Waals surface area contributed by atoms with Crippen molar-refractivity contribution in [1.29, 1.82) is 0 Å². The molecule has 0 saturated heterocycles. The predicted octanol–water partition coefficient (Wildman–Crippen LogP) is 6.30. The first kappa shape index (κ1) is 14.4. The molecule has 0 heteroatoms.